The molecule has 1 heterocycles. The predicted octanol–water partition coefficient (Wildman–Crippen LogP) is 3.53. The minimum atomic E-state index is -1.38. The number of esters is 4. The first-order chi connectivity index (χ1) is 15.9. The number of aromatic amines is 1. The largest absolute Gasteiger partial charge is 0.462 e. The molecule has 0 unspecified atom stereocenters. The normalized spacial score (nSPS) is 13.4. The van der Waals surface area contributed by atoms with Crippen LogP contribution in [-0.2, 0) is 38.1 Å². The van der Waals surface area contributed by atoms with Gasteiger partial charge in [-0.15, -0.1) is 0 Å². The van der Waals surface area contributed by atoms with Crippen LogP contribution in [0.4, 0.5) is 0 Å². The smallest absolute Gasteiger partial charge is 0.303 e. The molecule has 0 spiro atoms. The maximum atomic E-state index is 12.0. The van der Waals surface area contributed by atoms with Gasteiger partial charge in [0.1, 0.15) is 6.61 Å². The van der Waals surface area contributed by atoms with Gasteiger partial charge in [-0.1, -0.05) is 23.7 Å². The van der Waals surface area contributed by atoms with Crippen molar-refractivity contribution in [3.8, 4) is 5.69 Å². The van der Waals surface area contributed by atoms with Gasteiger partial charge in [-0.25, -0.2) is 0 Å². The van der Waals surface area contributed by atoms with Crippen LogP contribution < -0.4 is 0 Å². The lowest BCUT2D eigenvalue weighted by molar-refractivity contribution is -0.190. The molecule has 184 valence electrons. The standard InChI is InChI=1S/C22H25ClN2O8S/c1-11-7-6-8-16(23)19(11)25-9-17(24-22(25)34)20(32-14(4)28)21(33-15(5)29)18(31-13(3)27)10-30-12(2)26/h6-9,18,20-21H,10H2,1-5H3,(H,24,34)/t18-,20+,21-/m1/s1. The van der Waals surface area contributed by atoms with Crippen molar-refractivity contribution in [1.82, 2.24) is 9.55 Å². The Morgan fingerprint density at radius 3 is 2.15 bits per heavy atom. The monoisotopic (exact) mass is 512 g/mol. The van der Waals surface area contributed by atoms with Crippen molar-refractivity contribution in [2.75, 3.05) is 6.61 Å². The third-order valence-corrected chi connectivity index (χ3v) is 5.11. The molecule has 1 aromatic heterocycles. The number of halogens is 1. The highest BCUT2D eigenvalue weighted by Gasteiger charge is 2.40. The zero-order valence-corrected chi connectivity index (χ0v) is 20.8. The Morgan fingerprint density at radius 1 is 1.00 bits per heavy atom. The van der Waals surface area contributed by atoms with Crippen molar-refractivity contribution in [1.29, 1.82) is 0 Å². The molecular weight excluding hydrogens is 488 g/mol. The third kappa shape index (κ3) is 7.16. The van der Waals surface area contributed by atoms with E-state index in [0.29, 0.717) is 10.7 Å². The van der Waals surface area contributed by atoms with E-state index < -0.39 is 48.8 Å². The number of hydrogen-bond acceptors (Lipinski definition) is 9. The summed E-state index contributed by atoms with van der Waals surface area (Å²) in [7, 11) is 0. The minimum absolute atomic E-state index is 0.217. The Labute approximate surface area is 206 Å². The molecule has 0 radical (unpaired) electrons. The Hall–Kier alpha value is -3.18. The number of nitrogens with one attached hydrogen (secondary N) is 1. The van der Waals surface area contributed by atoms with Gasteiger partial charge in [0.15, 0.2) is 23.1 Å². The van der Waals surface area contributed by atoms with Gasteiger partial charge >= 0.3 is 23.9 Å². The molecule has 34 heavy (non-hydrogen) atoms. The van der Waals surface area contributed by atoms with E-state index in [1.165, 1.54) is 13.1 Å². The van der Waals surface area contributed by atoms with Crippen molar-refractivity contribution in [3.05, 3.63) is 45.4 Å². The lowest BCUT2D eigenvalue weighted by Crippen LogP contribution is -2.43. The molecule has 2 aromatic rings. The Kier molecular flexibility index (Phi) is 9.39. The summed E-state index contributed by atoms with van der Waals surface area (Å²) in [5.41, 5.74) is 1.65. The zero-order valence-electron chi connectivity index (χ0n) is 19.2. The van der Waals surface area contributed by atoms with E-state index in [4.69, 9.17) is 42.8 Å². The number of imidazole rings is 1. The van der Waals surface area contributed by atoms with Gasteiger partial charge in [0.25, 0.3) is 0 Å². The molecule has 0 aliphatic rings. The molecule has 3 atom stereocenters. The lowest BCUT2D eigenvalue weighted by Gasteiger charge is -2.31. The molecule has 0 aliphatic heterocycles. The number of carbonyl (C=O) groups excluding carboxylic acids is 4. The summed E-state index contributed by atoms with van der Waals surface area (Å²) in [5.74, 6) is -2.84. The molecule has 0 fully saturated rings. The predicted molar refractivity (Wildman–Crippen MR) is 123 cm³/mol. The van der Waals surface area contributed by atoms with Crippen LogP contribution in [0, 0.1) is 11.7 Å². The number of aromatic nitrogens is 2. The number of hydrogen-bond donors (Lipinski definition) is 1. The summed E-state index contributed by atoms with van der Waals surface area (Å²) >= 11 is 11.8. The van der Waals surface area contributed by atoms with E-state index >= 15 is 0 Å². The van der Waals surface area contributed by atoms with Crippen LogP contribution in [0.15, 0.2) is 24.4 Å². The molecule has 2 rings (SSSR count). The van der Waals surface area contributed by atoms with Gasteiger partial charge in [-0.3, -0.25) is 23.7 Å². The second-order valence-corrected chi connectivity index (χ2v) is 8.14. The fourth-order valence-corrected chi connectivity index (χ4v) is 3.85. The number of para-hydroxylation sites is 1. The van der Waals surface area contributed by atoms with Gasteiger partial charge in [-0.05, 0) is 30.8 Å². The van der Waals surface area contributed by atoms with Gasteiger partial charge in [0, 0.05) is 33.9 Å². The second kappa shape index (κ2) is 11.8. The van der Waals surface area contributed by atoms with E-state index in [1.54, 1.807) is 16.7 Å². The molecule has 0 saturated heterocycles. The second-order valence-electron chi connectivity index (χ2n) is 7.34. The van der Waals surface area contributed by atoms with Gasteiger partial charge in [0.2, 0.25) is 0 Å². The van der Waals surface area contributed by atoms with Crippen molar-refractivity contribution in [3.63, 3.8) is 0 Å². The van der Waals surface area contributed by atoms with Gasteiger partial charge in [-0.2, -0.15) is 0 Å². The molecule has 10 nitrogen and oxygen atoms in total. The van der Waals surface area contributed by atoms with Crippen molar-refractivity contribution >= 4 is 47.7 Å². The number of aryl methyl sites for hydroxylation is 1. The van der Waals surface area contributed by atoms with Crippen LogP contribution in [0.25, 0.3) is 5.69 Å². The van der Waals surface area contributed by atoms with Crippen molar-refractivity contribution < 1.29 is 38.1 Å². The summed E-state index contributed by atoms with van der Waals surface area (Å²) in [4.78, 5) is 49.9. The molecule has 0 bridgehead atoms. The van der Waals surface area contributed by atoms with Crippen molar-refractivity contribution in [2.24, 2.45) is 0 Å². The molecule has 12 heteroatoms. The first-order valence-electron chi connectivity index (χ1n) is 10.1. The summed E-state index contributed by atoms with van der Waals surface area (Å²) in [6.45, 7) is 5.99. The highest BCUT2D eigenvalue weighted by Crippen LogP contribution is 2.30. The van der Waals surface area contributed by atoms with E-state index in [1.807, 2.05) is 13.0 Å². The topological polar surface area (TPSA) is 126 Å². The summed E-state index contributed by atoms with van der Waals surface area (Å²) in [5, 5.41) is 0.426. The highest BCUT2D eigenvalue weighted by molar-refractivity contribution is 7.71. The first kappa shape index (κ1) is 27.1. The average molecular weight is 513 g/mol. The first-order valence-corrected chi connectivity index (χ1v) is 10.9. The van der Waals surface area contributed by atoms with Gasteiger partial charge < -0.3 is 23.9 Å². The number of H-pyrrole nitrogens is 1. The minimum Gasteiger partial charge on any atom is -0.462 e. The average Bonchev–Trinajstić information content (AvgIpc) is 3.08. The molecule has 0 saturated carbocycles. The number of carbonyl (C=O) groups is 4. The molecule has 1 N–H and O–H groups in total. The van der Waals surface area contributed by atoms with Crippen LogP contribution in [0.2, 0.25) is 5.02 Å². The molecular formula is C22H25ClN2O8S. The number of benzene rings is 1. The lowest BCUT2D eigenvalue weighted by atomic mass is 10.0. The highest BCUT2D eigenvalue weighted by atomic mass is 35.5. The van der Waals surface area contributed by atoms with Gasteiger partial charge in [0.05, 0.1) is 16.4 Å². The third-order valence-electron chi connectivity index (χ3n) is 4.50. The summed E-state index contributed by atoms with van der Waals surface area (Å²) in [6, 6.07) is 5.32. The van der Waals surface area contributed by atoms with Crippen LogP contribution in [-0.4, -0.2) is 52.2 Å². The molecule has 1 aromatic carbocycles. The van der Waals surface area contributed by atoms with Crippen LogP contribution in [0.5, 0.6) is 0 Å². The van der Waals surface area contributed by atoms with E-state index in [0.717, 1.165) is 26.3 Å². The Morgan fingerprint density at radius 2 is 1.62 bits per heavy atom. The Balaban J connectivity index is 2.63. The fraction of sp³-hybridized carbons (Fsp3) is 0.409. The van der Waals surface area contributed by atoms with Crippen LogP contribution in [0.1, 0.15) is 45.1 Å². The number of ether oxygens (including phenoxy) is 4. The number of rotatable bonds is 9. The van der Waals surface area contributed by atoms with Crippen LogP contribution >= 0.6 is 23.8 Å². The SMILES string of the molecule is CC(=O)OC[C@@H](OC(C)=O)[C@@H](OC(C)=O)[C@@H](OC(C)=O)c1cn(-c2c(C)cccc2Cl)c(=S)[nH]1. The fourth-order valence-electron chi connectivity index (χ4n) is 3.27. The van der Waals surface area contributed by atoms with E-state index in [2.05, 4.69) is 4.98 Å². The summed E-state index contributed by atoms with van der Waals surface area (Å²) < 4.78 is 22.9. The van der Waals surface area contributed by atoms with E-state index in [9.17, 15) is 19.2 Å². The van der Waals surface area contributed by atoms with Crippen molar-refractivity contribution in [2.45, 2.75) is 52.9 Å². The maximum absolute atomic E-state index is 12.0. The number of nitrogens with zero attached hydrogens (tertiary/aromatic N) is 1. The molecule has 0 aliphatic carbocycles. The molecule has 0 amide bonds. The summed E-state index contributed by atoms with van der Waals surface area (Å²) in [6.07, 6.45) is -2.43. The van der Waals surface area contributed by atoms with Crippen LogP contribution in [0.3, 0.4) is 0 Å². The van der Waals surface area contributed by atoms with E-state index in [-0.39, 0.29) is 10.5 Å². The zero-order chi connectivity index (χ0) is 25.6. The quantitative estimate of drug-likeness (QED) is 0.305. The Bertz CT molecular complexity index is 1120. The maximum Gasteiger partial charge on any atom is 0.303 e.